The van der Waals surface area contributed by atoms with Crippen molar-refractivity contribution in [3.63, 3.8) is 0 Å². The van der Waals surface area contributed by atoms with E-state index in [2.05, 4.69) is 10.0 Å². The molecule has 0 radical (unpaired) electrons. The van der Waals surface area contributed by atoms with Crippen molar-refractivity contribution < 1.29 is 32.1 Å². The number of hydrogen-bond donors (Lipinski definition) is 0. The van der Waals surface area contributed by atoms with Crippen molar-refractivity contribution in [2.75, 3.05) is 13.7 Å². The number of rotatable bonds is 5. The summed E-state index contributed by atoms with van der Waals surface area (Å²) in [5.41, 5.74) is 8.34. The molecule has 0 aromatic heterocycles. The van der Waals surface area contributed by atoms with Crippen LogP contribution < -0.4 is 0 Å². The number of ether oxygens (including phenoxy) is 4. The highest BCUT2D eigenvalue weighted by Gasteiger charge is 2.50. The summed E-state index contributed by atoms with van der Waals surface area (Å²) in [5.74, 6) is 0. The largest absolute Gasteiger partial charge is 0.417 e. The number of nitrogens with zero attached hydrogens (tertiary/aromatic N) is 3. The minimum absolute atomic E-state index is 0.170. The van der Waals surface area contributed by atoms with Crippen LogP contribution in [0.15, 0.2) is 58.5 Å². The summed E-state index contributed by atoms with van der Waals surface area (Å²) in [6, 6.07) is 12.0. The van der Waals surface area contributed by atoms with Gasteiger partial charge in [-0.05, 0) is 23.7 Å². The van der Waals surface area contributed by atoms with Gasteiger partial charge in [-0.3, -0.25) is 0 Å². The molecule has 0 saturated carbocycles. The van der Waals surface area contributed by atoms with Gasteiger partial charge >= 0.3 is 6.18 Å². The molecule has 2 aromatic rings. The topological polar surface area (TPSA) is 85.7 Å². The van der Waals surface area contributed by atoms with E-state index in [-0.39, 0.29) is 6.61 Å². The Hall–Kier alpha value is -1.98. The third-order valence-electron chi connectivity index (χ3n) is 5.34. The lowest BCUT2D eigenvalue weighted by atomic mass is 9.96. The third-order valence-corrected chi connectivity index (χ3v) is 6.79. The summed E-state index contributed by atoms with van der Waals surface area (Å²) in [7, 11) is 1.44. The van der Waals surface area contributed by atoms with Crippen molar-refractivity contribution in [3.05, 3.63) is 75.1 Å². The molecule has 33 heavy (non-hydrogen) atoms. The Morgan fingerprint density at radius 2 is 1.94 bits per heavy atom. The number of hydrogen-bond acceptors (Lipinski definition) is 6. The van der Waals surface area contributed by atoms with Gasteiger partial charge < -0.3 is 18.9 Å². The Bertz CT molecular complexity index is 1030. The quantitative estimate of drug-likeness (QED) is 0.285. The van der Waals surface area contributed by atoms with Crippen molar-refractivity contribution in [3.8, 4) is 0 Å². The Morgan fingerprint density at radius 1 is 1.18 bits per heavy atom. The van der Waals surface area contributed by atoms with Gasteiger partial charge in [-0.2, -0.15) is 13.2 Å². The first-order valence-corrected chi connectivity index (χ1v) is 11.2. The van der Waals surface area contributed by atoms with Crippen LogP contribution in [-0.2, 0) is 25.1 Å². The van der Waals surface area contributed by atoms with Crippen LogP contribution in [-0.4, -0.2) is 43.5 Å². The molecule has 2 aliphatic heterocycles. The van der Waals surface area contributed by atoms with E-state index in [1.807, 2.05) is 30.3 Å². The fraction of sp³-hybridized carbons (Fsp3) is 0.429. The van der Waals surface area contributed by atoms with E-state index in [0.717, 1.165) is 23.4 Å². The third kappa shape index (κ3) is 5.25. The first-order chi connectivity index (χ1) is 15.8. The average molecular weight is 502 g/mol. The van der Waals surface area contributed by atoms with E-state index in [1.165, 1.54) is 19.2 Å². The number of alkyl halides is 3. The molecule has 12 heteroatoms. The van der Waals surface area contributed by atoms with Crippen molar-refractivity contribution in [2.45, 2.75) is 47.2 Å². The number of fused-ring (bicyclic) bond motifs is 1. The predicted molar refractivity (Wildman–Crippen MR) is 115 cm³/mol. The van der Waals surface area contributed by atoms with Gasteiger partial charge in [-0.1, -0.05) is 58.8 Å². The first-order valence-electron chi connectivity index (χ1n) is 9.89. The molecule has 2 aromatic carbocycles. The van der Waals surface area contributed by atoms with Crippen LogP contribution in [0.25, 0.3) is 10.4 Å². The van der Waals surface area contributed by atoms with Gasteiger partial charge in [0.2, 0.25) is 0 Å². The van der Waals surface area contributed by atoms with Crippen LogP contribution in [0, 0.1) is 0 Å². The van der Waals surface area contributed by atoms with Crippen LogP contribution in [0.3, 0.4) is 0 Å². The number of benzene rings is 2. The minimum Gasteiger partial charge on any atom is -0.377 e. The predicted octanol–water partition coefficient (Wildman–Crippen LogP) is 5.98. The zero-order valence-corrected chi connectivity index (χ0v) is 18.8. The van der Waals surface area contributed by atoms with Gasteiger partial charge in [0.15, 0.2) is 6.29 Å². The molecule has 0 bridgehead atoms. The van der Waals surface area contributed by atoms with Crippen LogP contribution in [0.4, 0.5) is 13.2 Å². The number of azide groups is 1. The van der Waals surface area contributed by atoms with Gasteiger partial charge in [0.1, 0.15) is 23.7 Å². The van der Waals surface area contributed by atoms with Crippen LogP contribution in [0.2, 0.25) is 5.02 Å². The van der Waals surface area contributed by atoms with Crippen LogP contribution in [0.1, 0.15) is 17.4 Å². The van der Waals surface area contributed by atoms with E-state index < -0.39 is 52.8 Å². The van der Waals surface area contributed by atoms with Gasteiger partial charge in [-0.25, -0.2) is 0 Å². The second-order valence-corrected chi connectivity index (χ2v) is 8.95. The van der Waals surface area contributed by atoms with E-state index in [0.29, 0.717) is 4.90 Å². The van der Waals surface area contributed by atoms with E-state index >= 15 is 0 Å². The maximum atomic E-state index is 13.0. The van der Waals surface area contributed by atoms with E-state index in [9.17, 15) is 13.2 Å². The molecular weight excluding hydrogens is 483 g/mol. The summed E-state index contributed by atoms with van der Waals surface area (Å²) in [5, 5.41) is 3.49. The molecule has 2 fully saturated rings. The standard InChI is InChI=1S/C21H19ClF3N3O4S/c1-29-18-16(27-28-26)17-15(10-30-19(32-17)11-5-3-2-4-6-11)31-20(18)33-12-7-8-13(14(22)9-12)21(23,24)25/h2-9,15-20H,10H2,1H3/t15?,16?,17-,18-,19?,20+/m0/s1. The zero-order chi connectivity index (χ0) is 23.6. The molecule has 2 aliphatic rings. The molecule has 0 aliphatic carbocycles. The van der Waals surface area contributed by atoms with Gasteiger partial charge in [0.05, 0.1) is 23.2 Å². The summed E-state index contributed by atoms with van der Waals surface area (Å²) < 4.78 is 62.7. The number of thioether (sulfide) groups is 1. The monoisotopic (exact) mass is 501 g/mol. The van der Waals surface area contributed by atoms with Crippen molar-refractivity contribution in [2.24, 2.45) is 5.11 Å². The first kappa shape index (κ1) is 24.2. The molecule has 0 amide bonds. The second kappa shape index (κ2) is 10.1. The zero-order valence-electron chi connectivity index (χ0n) is 17.2. The van der Waals surface area contributed by atoms with E-state index in [1.54, 1.807) is 0 Å². The Balaban J connectivity index is 1.56. The molecule has 176 valence electrons. The molecule has 4 rings (SSSR count). The van der Waals surface area contributed by atoms with Crippen molar-refractivity contribution in [1.82, 2.24) is 0 Å². The van der Waals surface area contributed by atoms with Gasteiger partial charge in [0.25, 0.3) is 0 Å². The lowest BCUT2D eigenvalue weighted by molar-refractivity contribution is -0.298. The molecule has 0 N–H and O–H groups in total. The fourth-order valence-electron chi connectivity index (χ4n) is 3.82. The maximum absolute atomic E-state index is 13.0. The molecule has 6 atom stereocenters. The average Bonchev–Trinajstić information content (AvgIpc) is 2.79. The maximum Gasteiger partial charge on any atom is 0.417 e. The highest BCUT2D eigenvalue weighted by molar-refractivity contribution is 7.99. The van der Waals surface area contributed by atoms with Crippen molar-refractivity contribution in [1.29, 1.82) is 0 Å². The second-order valence-electron chi connectivity index (χ2n) is 7.37. The van der Waals surface area contributed by atoms with Gasteiger partial charge in [-0.15, -0.1) is 0 Å². The van der Waals surface area contributed by atoms with Crippen LogP contribution >= 0.6 is 23.4 Å². The van der Waals surface area contributed by atoms with E-state index in [4.69, 9.17) is 36.1 Å². The fourth-order valence-corrected chi connectivity index (χ4v) is 5.37. The van der Waals surface area contributed by atoms with Gasteiger partial charge in [0, 0.05) is 22.5 Å². The Kier molecular flexibility index (Phi) is 7.40. The summed E-state index contributed by atoms with van der Waals surface area (Å²) in [4.78, 5) is 3.40. The number of halogens is 4. The molecule has 0 spiro atoms. The smallest absolute Gasteiger partial charge is 0.377 e. The van der Waals surface area contributed by atoms with Crippen LogP contribution in [0.5, 0.6) is 0 Å². The molecule has 3 unspecified atom stereocenters. The summed E-state index contributed by atoms with van der Waals surface area (Å²) in [6.45, 7) is 0.170. The Morgan fingerprint density at radius 3 is 2.58 bits per heavy atom. The Labute approximate surface area is 196 Å². The lowest BCUT2D eigenvalue weighted by Crippen LogP contribution is -2.60. The SMILES string of the molecule is CO[C@H]1C(N=[N+]=[N-])[C@H]2OC(c3ccccc3)OCC2O[C@@H]1Sc1ccc(C(F)(F)F)c(Cl)c1. The number of methoxy groups -OCH3 is 1. The van der Waals surface area contributed by atoms with Crippen molar-refractivity contribution >= 4 is 23.4 Å². The normalized spacial score (nSPS) is 29.7. The molecular formula is C21H19ClF3N3O4S. The minimum atomic E-state index is -4.55. The highest BCUT2D eigenvalue weighted by Crippen LogP contribution is 2.42. The summed E-state index contributed by atoms with van der Waals surface area (Å²) in [6.07, 6.45) is -7.17. The molecule has 7 nitrogen and oxygen atoms in total. The lowest BCUT2D eigenvalue weighted by Gasteiger charge is -2.47. The summed E-state index contributed by atoms with van der Waals surface area (Å²) >= 11 is 6.97. The highest BCUT2D eigenvalue weighted by atomic mass is 35.5. The molecule has 2 saturated heterocycles. The molecule has 2 heterocycles.